The van der Waals surface area contributed by atoms with Gasteiger partial charge in [-0.05, 0) is 0 Å². The van der Waals surface area contributed by atoms with Crippen LogP contribution in [0.2, 0.25) is 5.02 Å². The number of hydrogen-bond donors (Lipinski definition) is 1. The highest BCUT2D eigenvalue weighted by Gasteiger charge is 2.16. The third-order valence-corrected chi connectivity index (χ3v) is 4.00. The van der Waals surface area contributed by atoms with Gasteiger partial charge in [-0.25, -0.2) is 4.98 Å². The summed E-state index contributed by atoms with van der Waals surface area (Å²) in [5, 5.41) is 14.2. The highest BCUT2D eigenvalue weighted by Crippen LogP contribution is 2.24. The fourth-order valence-electron chi connectivity index (χ4n) is 1.86. The zero-order valence-corrected chi connectivity index (χ0v) is 11.9. The lowest BCUT2D eigenvalue weighted by molar-refractivity contribution is -0.384. The lowest BCUT2D eigenvalue weighted by atomic mass is 10.4. The van der Waals surface area contributed by atoms with Crippen LogP contribution in [-0.2, 0) is 0 Å². The van der Waals surface area contributed by atoms with Crippen LogP contribution in [0.3, 0.4) is 0 Å². The topological polar surface area (TPSA) is 71.3 Å². The summed E-state index contributed by atoms with van der Waals surface area (Å²) in [6.45, 7) is 3.65. The number of nitro groups is 1. The van der Waals surface area contributed by atoms with Crippen LogP contribution >= 0.6 is 23.4 Å². The van der Waals surface area contributed by atoms with E-state index in [4.69, 9.17) is 11.6 Å². The van der Waals surface area contributed by atoms with Crippen LogP contribution < -0.4 is 5.32 Å². The number of nitrogens with one attached hydrogen (secondary N) is 1. The number of pyridine rings is 1. The number of anilines is 1. The Morgan fingerprint density at radius 2 is 2.26 bits per heavy atom. The van der Waals surface area contributed by atoms with Crippen molar-refractivity contribution in [3.63, 3.8) is 0 Å². The summed E-state index contributed by atoms with van der Waals surface area (Å²) in [5.74, 6) is 2.58. The third kappa shape index (κ3) is 4.22. The van der Waals surface area contributed by atoms with Crippen LogP contribution in [0.5, 0.6) is 0 Å². The van der Waals surface area contributed by atoms with Gasteiger partial charge < -0.3 is 5.32 Å². The first-order chi connectivity index (χ1) is 9.16. The first-order valence-electron chi connectivity index (χ1n) is 6.01. The van der Waals surface area contributed by atoms with Crippen molar-refractivity contribution in [1.29, 1.82) is 0 Å². The largest absolute Gasteiger partial charge is 0.363 e. The molecule has 0 atom stereocenters. The molecule has 1 fully saturated rings. The molecule has 2 rings (SSSR count). The maximum absolute atomic E-state index is 10.9. The van der Waals surface area contributed by atoms with E-state index in [2.05, 4.69) is 15.2 Å². The third-order valence-electron chi connectivity index (χ3n) is 2.86. The number of nitrogens with zero attached hydrogens (tertiary/aromatic N) is 3. The smallest absolute Gasteiger partial charge is 0.312 e. The zero-order chi connectivity index (χ0) is 13.7. The summed E-state index contributed by atoms with van der Waals surface area (Å²) in [4.78, 5) is 16.7. The molecule has 0 amide bonds. The van der Waals surface area contributed by atoms with Crippen molar-refractivity contribution in [2.75, 3.05) is 43.0 Å². The Balaban J connectivity index is 1.89. The van der Waals surface area contributed by atoms with Gasteiger partial charge in [0, 0.05) is 49.9 Å². The second kappa shape index (κ2) is 6.93. The second-order valence-electron chi connectivity index (χ2n) is 4.16. The SMILES string of the molecule is O=[N+]([O-])c1cc(Cl)cnc1NCCN1CCSCC1. The lowest BCUT2D eigenvalue weighted by Gasteiger charge is -2.26. The van der Waals surface area contributed by atoms with Crippen molar-refractivity contribution < 1.29 is 4.92 Å². The second-order valence-corrected chi connectivity index (χ2v) is 5.82. The van der Waals surface area contributed by atoms with E-state index in [9.17, 15) is 10.1 Å². The van der Waals surface area contributed by atoms with Gasteiger partial charge in [0.1, 0.15) is 0 Å². The van der Waals surface area contributed by atoms with Gasteiger partial charge >= 0.3 is 5.69 Å². The minimum Gasteiger partial charge on any atom is -0.363 e. The molecule has 1 aromatic rings. The van der Waals surface area contributed by atoms with Gasteiger partial charge in [0.05, 0.1) is 9.95 Å². The van der Waals surface area contributed by atoms with Gasteiger partial charge in [0.15, 0.2) is 0 Å². The quantitative estimate of drug-likeness (QED) is 0.663. The maximum Gasteiger partial charge on any atom is 0.312 e. The molecular weight excluding hydrogens is 288 g/mol. The standard InChI is InChI=1S/C11H15ClN4O2S/c12-9-7-10(16(17)18)11(14-8-9)13-1-2-15-3-5-19-6-4-15/h7-8H,1-6H2,(H,13,14). The highest BCUT2D eigenvalue weighted by atomic mass is 35.5. The minimum absolute atomic E-state index is 0.0818. The maximum atomic E-state index is 10.9. The molecule has 6 nitrogen and oxygen atoms in total. The van der Waals surface area contributed by atoms with E-state index < -0.39 is 4.92 Å². The average molecular weight is 303 g/mol. The molecule has 8 heteroatoms. The molecule has 0 bridgehead atoms. The fourth-order valence-corrected chi connectivity index (χ4v) is 2.99. The molecular formula is C11H15ClN4O2S. The van der Waals surface area contributed by atoms with Crippen LogP contribution in [0, 0.1) is 10.1 Å². The molecule has 2 heterocycles. The minimum atomic E-state index is -0.473. The van der Waals surface area contributed by atoms with Gasteiger partial charge in [0.25, 0.3) is 0 Å². The van der Waals surface area contributed by atoms with E-state index in [0.29, 0.717) is 6.54 Å². The predicted octanol–water partition coefficient (Wildman–Crippen LogP) is 2.10. The molecule has 1 saturated heterocycles. The molecule has 0 unspecified atom stereocenters. The Bertz CT molecular complexity index is 454. The zero-order valence-electron chi connectivity index (χ0n) is 10.3. The molecule has 0 aliphatic carbocycles. The molecule has 0 spiro atoms. The molecule has 1 N–H and O–H groups in total. The van der Waals surface area contributed by atoms with Crippen molar-refractivity contribution in [2.45, 2.75) is 0 Å². The van der Waals surface area contributed by atoms with E-state index in [1.165, 1.54) is 12.3 Å². The van der Waals surface area contributed by atoms with Crippen LogP contribution in [0.4, 0.5) is 11.5 Å². The fraction of sp³-hybridized carbons (Fsp3) is 0.545. The molecule has 0 saturated carbocycles. The normalized spacial score (nSPS) is 16.3. The molecule has 104 valence electrons. The molecule has 0 aromatic carbocycles. The number of rotatable bonds is 5. The van der Waals surface area contributed by atoms with E-state index >= 15 is 0 Å². The van der Waals surface area contributed by atoms with Crippen molar-refractivity contribution in [1.82, 2.24) is 9.88 Å². The average Bonchev–Trinajstić information content (AvgIpc) is 2.41. The molecule has 1 aliphatic rings. The summed E-state index contributed by atoms with van der Waals surface area (Å²) in [6, 6.07) is 1.31. The number of hydrogen-bond acceptors (Lipinski definition) is 6. The van der Waals surface area contributed by atoms with Crippen LogP contribution in [-0.4, -0.2) is 52.5 Å². The highest BCUT2D eigenvalue weighted by molar-refractivity contribution is 7.99. The Kier molecular flexibility index (Phi) is 5.24. The van der Waals surface area contributed by atoms with E-state index in [1.54, 1.807) is 0 Å². The Morgan fingerprint density at radius 1 is 1.53 bits per heavy atom. The summed E-state index contributed by atoms with van der Waals surface area (Å²) in [5.41, 5.74) is -0.0818. The summed E-state index contributed by atoms with van der Waals surface area (Å²) < 4.78 is 0. The lowest BCUT2D eigenvalue weighted by Crippen LogP contribution is -2.36. The van der Waals surface area contributed by atoms with Gasteiger partial charge in [-0.2, -0.15) is 11.8 Å². The first kappa shape index (κ1) is 14.4. The molecule has 1 aromatic heterocycles. The monoisotopic (exact) mass is 302 g/mol. The van der Waals surface area contributed by atoms with E-state index in [-0.39, 0.29) is 16.5 Å². The molecule has 1 aliphatic heterocycles. The van der Waals surface area contributed by atoms with Gasteiger partial charge in [0.2, 0.25) is 5.82 Å². The van der Waals surface area contributed by atoms with Crippen LogP contribution in [0.1, 0.15) is 0 Å². The number of halogens is 1. The van der Waals surface area contributed by atoms with Crippen LogP contribution in [0.15, 0.2) is 12.3 Å². The Labute approximate surface area is 120 Å². The van der Waals surface area contributed by atoms with E-state index in [1.807, 2.05) is 11.8 Å². The summed E-state index contributed by atoms with van der Waals surface area (Å²) in [7, 11) is 0. The van der Waals surface area contributed by atoms with Gasteiger partial charge in [-0.1, -0.05) is 11.6 Å². The Hall–Kier alpha value is -1.05. The van der Waals surface area contributed by atoms with Crippen LogP contribution in [0.25, 0.3) is 0 Å². The molecule has 19 heavy (non-hydrogen) atoms. The number of thioether (sulfide) groups is 1. The first-order valence-corrected chi connectivity index (χ1v) is 7.54. The van der Waals surface area contributed by atoms with Gasteiger partial charge in [-0.15, -0.1) is 0 Å². The molecule has 0 radical (unpaired) electrons. The predicted molar refractivity (Wildman–Crippen MR) is 78.2 cm³/mol. The van der Waals surface area contributed by atoms with Gasteiger partial charge in [-0.3, -0.25) is 15.0 Å². The summed E-state index contributed by atoms with van der Waals surface area (Å²) in [6.07, 6.45) is 1.41. The number of aromatic nitrogens is 1. The van der Waals surface area contributed by atoms with Crippen molar-refractivity contribution in [3.05, 3.63) is 27.4 Å². The van der Waals surface area contributed by atoms with Crippen molar-refractivity contribution >= 4 is 34.9 Å². The van der Waals surface area contributed by atoms with E-state index in [0.717, 1.165) is 31.1 Å². The Morgan fingerprint density at radius 3 is 2.95 bits per heavy atom. The van der Waals surface area contributed by atoms with Crippen molar-refractivity contribution in [3.8, 4) is 0 Å². The van der Waals surface area contributed by atoms with Crippen molar-refractivity contribution in [2.24, 2.45) is 0 Å². The summed E-state index contributed by atoms with van der Waals surface area (Å²) >= 11 is 7.67.